The first-order chi connectivity index (χ1) is 10.00. The molecule has 0 aliphatic carbocycles. The van der Waals surface area contributed by atoms with E-state index in [4.69, 9.17) is 21.4 Å². The summed E-state index contributed by atoms with van der Waals surface area (Å²) in [6, 6.07) is 0. The lowest BCUT2D eigenvalue weighted by Gasteiger charge is -2.27. The Bertz CT molecular complexity index is 466. The third kappa shape index (κ3) is 4.94. The quantitative estimate of drug-likeness (QED) is 0.815. The summed E-state index contributed by atoms with van der Waals surface area (Å²) >= 11 is 5.98. The van der Waals surface area contributed by atoms with Crippen molar-refractivity contribution < 1.29 is 9.84 Å². The number of ether oxygens (including phenoxy) is 1. The summed E-state index contributed by atoms with van der Waals surface area (Å²) in [5.74, 6) is 1.03. The molecule has 0 unspecified atom stereocenters. The van der Waals surface area contributed by atoms with Crippen molar-refractivity contribution in [3.63, 3.8) is 0 Å². The third-order valence-electron chi connectivity index (χ3n) is 3.40. The van der Waals surface area contributed by atoms with Crippen LogP contribution in [0.25, 0.3) is 0 Å². The summed E-state index contributed by atoms with van der Waals surface area (Å²) in [6.45, 7) is 7.77. The van der Waals surface area contributed by atoms with Crippen LogP contribution in [-0.4, -0.2) is 59.5 Å². The van der Waals surface area contributed by atoms with Crippen LogP contribution in [0.5, 0.6) is 0 Å². The number of aliphatic hydroxyl groups is 1. The van der Waals surface area contributed by atoms with Crippen LogP contribution < -0.4 is 10.2 Å². The fourth-order valence-electron chi connectivity index (χ4n) is 2.03. The Morgan fingerprint density at radius 2 is 2.00 bits per heavy atom. The van der Waals surface area contributed by atoms with Crippen LogP contribution in [0.3, 0.4) is 0 Å². The van der Waals surface area contributed by atoms with Gasteiger partial charge in [-0.1, -0.05) is 13.8 Å². The van der Waals surface area contributed by atoms with Crippen molar-refractivity contribution in [2.24, 2.45) is 5.41 Å². The van der Waals surface area contributed by atoms with Gasteiger partial charge in [0.05, 0.1) is 13.2 Å². The summed E-state index contributed by atoms with van der Waals surface area (Å²) in [5.41, 5.74) is -0.0486. The molecule has 118 valence electrons. The van der Waals surface area contributed by atoms with Crippen LogP contribution in [0.1, 0.15) is 20.3 Å². The highest BCUT2D eigenvalue weighted by Crippen LogP contribution is 2.21. The molecule has 0 saturated carbocycles. The minimum Gasteiger partial charge on any atom is -0.396 e. The summed E-state index contributed by atoms with van der Waals surface area (Å²) in [7, 11) is 0. The molecule has 1 aromatic heterocycles. The van der Waals surface area contributed by atoms with Crippen LogP contribution in [-0.2, 0) is 4.74 Å². The zero-order chi connectivity index (χ0) is 15.3. The molecule has 8 heteroatoms. The summed E-state index contributed by atoms with van der Waals surface area (Å²) in [4.78, 5) is 14.7. The maximum absolute atomic E-state index is 9.05. The van der Waals surface area contributed by atoms with Gasteiger partial charge in [-0.25, -0.2) is 0 Å². The smallest absolute Gasteiger partial charge is 0.231 e. The van der Waals surface area contributed by atoms with E-state index in [9.17, 15) is 0 Å². The third-order valence-corrected chi connectivity index (χ3v) is 3.57. The predicted octanol–water partition coefficient (Wildman–Crippen LogP) is 1.18. The maximum atomic E-state index is 9.05. The van der Waals surface area contributed by atoms with Crippen molar-refractivity contribution >= 4 is 23.5 Å². The van der Waals surface area contributed by atoms with E-state index in [0.717, 1.165) is 13.1 Å². The molecule has 0 bridgehead atoms. The Kier molecular flexibility index (Phi) is 5.55. The van der Waals surface area contributed by atoms with Gasteiger partial charge in [-0.2, -0.15) is 15.0 Å². The van der Waals surface area contributed by atoms with E-state index in [1.54, 1.807) is 0 Å². The molecule has 0 aromatic carbocycles. The van der Waals surface area contributed by atoms with Gasteiger partial charge in [0.1, 0.15) is 0 Å². The van der Waals surface area contributed by atoms with E-state index < -0.39 is 0 Å². The zero-order valence-electron chi connectivity index (χ0n) is 12.5. The SMILES string of the molecule is CC(C)(CCO)CNc1nc(Cl)nc(N2CCOCC2)n1. The van der Waals surface area contributed by atoms with Crippen LogP contribution in [0.15, 0.2) is 0 Å². The van der Waals surface area contributed by atoms with Crippen LogP contribution >= 0.6 is 11.6 Å². The van der Waals surface area contributed by atoms with Gasteiger partial charge in [-0.3, -0.25) is 0 Å². The molecule has 1 aliphatic heterocycles. The Balaban J connectivity index is 2.04. The fourth-order valence-corrected chi connectivity index (χ4v) is 2.19. The van der Waals surface area contributed by atoms with Gasteiger partial charge in [0.25, 0.3) is 0 Å². The van der Waals surface area contributed by atoms with E-state index in [0.29, 0.717) is 38.1 Å². The summed E-state index contributed by atoms with van der Waals surface area (Å²) in [6.07, 6.45) is 0.704. The number of aromatic nitrogens is 3. The Labute approximate surface area is 129 Å². The molecule has 1 aliphatic rings. The van der Waals surface area contributed by atoms with Gasteiger partial charge in [0, 0.05) is 26.2 Å². The zero-order valence-corrected chi connectivity index (χ0v) is 13.2. The average Bonchev–Trinajstić information content (AvgIpc) is 2.46. The van der Waals surface area contributed by atoms with Crippen LogP contribution in [0, 0.1) is 5.41 Å². The number of aliphatic hydroxyl groups excluding tert-OH is 1. The van der Waals surface area contributed by atoms with Crippen LogP contribution in [0.2, 0.25) is 5.28 Å². The first kappa shape index (κ1) is 16.2. The summed E-state index contributed by atoms with van der Waals surface area (Å²) in [5, 5.41) is 12.4. The molecule has 0 amide bonds. The molecule has 7 nitrogen and oxygen atoms in total. The molecule has 2 heterocycles. The second kappa shape index (κ2) is 7.20. The number of nitrogens with one attached hydrogen (secondary N) is 1. The number of hydrogen-bond donors (Lipinski definition) is 2. The molecule has 0 radical (unpaired) electrons. The Morgan fingerprint density at radius 3 is 2.67 bits per heavy atom. The molecule has 1 aromatic rings. The topological polar surface area (TPSA) is 83.4 Å². The highest BCUT2D eigenvalue weighted by Gasteiger charge is 2.19. The van der Waals surface area contributed by atoms with Gasteiger partial charge in [-0.05, 0) is 23.4 Å². The summed E-state index contributed by atoms with van der Waals surface area (Å²) < 4.78 is 5.32. The highest BCUT2D eigenvalue weighted by molar-refractivity contribution is 6.28. The first-order valence-corrected chi connectivity index (χ1v) is 7.47. The molecular weight excluding hydrogens is 294 g/mol. The molecule has 1 saturated heterocycles. The number of morpholine rings is 1. The van der Waals surface area contributed by atoms with Gasteiger partial charge in [0.2, 0.25) is 17.2 Å². The number of hydrogen-bond acceptors (Lipinski definition) is 7. The van der Waals surface area contributed by atoms with Gasteiger partial charge >= 0.3 is 0 Å². The number of nitrogens with zero attached hydrogens (tertiary/aromatic N) is 4. The van der Waals surface area contributed by atoms with Gasteiger partial charge in [-0.15, -0.1) is 0 Å². The van der Waals surface area contributed by atoms with Crippen molar-refractivity contribution in [1.29, 1.82) is 0 Å². The molecule has 21 heavy (non-hydrogen) atoms. The molecule has 2 rings (SSSR count). The van der Waals surface area contributed by atoms with Gasteiger partial charge < -0.3 is 20.1 Å². The van der Waals surface area contributed by atoms with E-state index >= 15 is 0 Å². The lowest BCUT2D eigenvalue weighted by atomic mass is 9.90. The van der Waals surface area contributed by atoms with Crippen molar-refractivity contribution in [3.05, 3.63) is 5.28 Å². The second-order valence-electron chi connectivity index (χ2n) is 5.82. The molecule has 1 fully saturated rings. The van der Waals surface area contributed by atoms with E-state index in [2.05, 4.69) is 34.1 Å². The van der Waals surface area contributed by atoms with E-state index in [1.807, 2.05) is 4.90 Å². The number of halogens is 1. The van der Waals surface area contributed by atoms with Crippen molar-refractivity contribution in [3.8, 4) is 0 Å². The predicted molar refractivity (Wildman–Crippen MR) is 81.8 cm³/mol. The van der Waals surface area contributed by atoms with Crippen molar-refractivity contribution in [2.75, 3.05) is 49.7 Å². The fraction of sp³-hybridized carbons (Fsp3) is 0.769. The monoisotopic (exact) mass is 315 g/mol. The minimum atomic E-state index is -0.0486. The maximum Gasteiger partial charge on any atom is 0.231 e. The second-order valence-corrected chi connectivity index (χ2v) is 6.16. The Morgan fingerprint density at radius 1 is 1.29 bits per heavy atom. The Hall–Kier alpha value is -1.18. The molecule has 0 spiro atoms. The highest BCUT2D eigenvalue weighted by atomic mass is 35.5. The largest absolute Gasteiger partial charge is 0.396 e. The van der Waals surface area contributed by atoms with Gasteiger partial charge in [0.15, 0.2) is 0 Å². The lowest BCUT2D eigenvalue weighted by Crippen LogP contribution is -2.37. The molecule has 2 N–H and O–H groups in total. The van der Waals surface area contributed by atoms with Crippen molar-refractivity contribution in [2.45, 2.75) is 20.3 Å². The van der Waals surface area contributed by atoms with Crippen LogP contribution in [0.4, 0.5) is 11.9 Å². The normalized spacial score (nSPS) is 16.1. The lowest BCUT2D eigenvalue weighted by molar-refractivity contribution is 0.122. The van der Waals surface area contributed by atoms with E-state index in [-0.39, 0.29) is 17.3 Å². The van der Waals surface area contributed by atoms with Crippen molar-refractivity contribution in [1.82, 2.24) is 15.0 Å². The minimum absolute atomic E-state index is 0.0486. The number of anilines is 2. The van der Waals surface area contributed by atoms with E-state index in [1.165, 1.54) is 0 Å². The average molecular weight is 316 g/mol. The standard InChI is InChI=1S/C13H22ClN5O2/c1-13(2,3-6-20)9-15-11-16-10(14)17-12(18-11)19-4-7-21-8-5-19/h20H,3-9H2,1-2H3,(H,15,16,17,18). The molecular formula is C13H22ClN5O2. The number of rotatable bonds is 6. The molecule has 0 atom stereocenters. The first-order valence-electron chi connectivity index (χ1n) is 7.09.